The molecular formula is C15H20N2O4. The highest BCUT2D eigenvalue weighted by Crippen LogP contribution is 2.50. The third-order valence-corrected chi connectivity index (χ3v) is 4.71. The van der Waals surface area contributed by atoms with Gasteiger partial charge in [0.05, 0.1) is 24.8 Å². The van der Waals surface area contributed by atoms with Gasteiger partial charge in [0, 0.05) is 24.2 Å². The highest BCUT2D eigenvalue weighted by Gasteiger charge is 2.46. The number of ether oxygens (including phenoxy) is 1. The number of carbonyl (C=O) groups excluding carboxylic acids is 1. The van der Waals surface area contributed by atoms with Gasteiger partial charge in [0.25, 0.3) is 0 Å². The molecule has 0 amide bonds. The lowest BCUT2D eigenvalue weighted by atomic mass is 9.82. The second-order valence-electron chi connectivity index (χ2n) is 5.93. The number of piperazine rings is 1. The number of aromatic hydroxyl groups is 2. The summed E-state index contributed by atoms with van der Waals surface area (Å²) in [6, 6.07) is -0.429. The Morgan fingerprint density at radius 3 is 2.38 bits per heavy atom. The van der Waals surface area contributed by atoms with E-state index >= 15 is 0 Å². The Labute approximate surface area is 123 Å². The Balaban J connectivity index is 2.32. The zero-order valence-electron chi connectivity index (χ0n) is 12.7. The SMILES string of the molecule is COc1c(C)c(O)c2c(c1O)[C@@H]1CN(C)C[C@H](C2=O)N1C. The largest absolute Gasteiger partial charge is 0.507 e. The molecule has 6 nitrogen and oxygen atoms in total. The molecule has 2 atom stereocenters. The van der Waals surface area contributed by atoms with Crippen LogP contribution in [0.3, 0.4) is 0 Å². The Hall–Kier alpha value is -1.79. The van der Waals surface area contributed by atoms with Gasteiger partial charge in [-0.2, -0.15) is 0 Å². The van der Waals surface area contributed by atoms with Crippen molar-refractivity contribution in [1.29, 1.82) is 0 Å². The van der Waals surface area contributed by atoms with Gasteiger partial charge in [-0.25, -0.2) is 0 Å². The molecule has 0 saturated carbocycles. The van der Waals surface area contributed by atoms with E-state index in [9.17, 15) is 15.0 Å². The molecule has 3 rings (SSSR count). The van der Waals surface area contributed by atoms with Crippen LogP contribution in [0, 0.1) is 6.92 Å². The Kier molecular flexibility index (Phi) is 3.11. The number of nitrogens with zero attached hydrogens (tertiary/aromatic N) is 2. The van der Waals surface area contributed by atoms with Crippen LogP contribution in [0.1, 0.15) is 27.5 Å². The molecule has 6 heteroatoms. The standard InChI is InChI=1S/C15H20N2O4/c1-7-12(18)11-10(14(20)15(7)21-4)8-5-16(2)6-9(13(11)19)17(8)3/h8-9,18,20H,5-6H2,1-4H3/t8-,9+/m0/s1. The van der Waals surface area contributed by atoms with E-state index in [1.54, 1.807) is 6.92 Å². The number of Topliss-reactive ketones (excluding diaryl/α,β-unsaturated/α-hetero) is 1. The van der Waals surface area contributed by atoms with Crippen LogP contribution < -0.4 is 4.74 Å². The van der Waals surface area contributed by atoms with Crippen LogP contribution in [0.5, 0.6) is 17.2 Å². The molecule has 2 aliphatic rings. The number of hydrogen-bond donors (Lipinski definition) is 2. The van der Waals surface area contributed by atoms with Gasteiger partial charge in [-0.1, -0.05) is 0 Å². The van der Waals surface area contributed by atoms with E-state index in [2.05, 4.69) is 4.90 Å². The molecular weight excluding hydrogens is 272 g/mol. The van der Waals surface area contributed by atoms with E-state index in [0.717, 1.165) is 0 Å². The summed E-state index contributed by atoms with van der Waals surface area (Å²) in [5, 5.41) is 21.0. The van der Waals surface area contributed by atoms with Crippen LogP contribution in [0.2, 0.25) is 0 Å². The summed E-state index contributed by atoms with van der Waals surface area (Å²) in [5.74, 6) is -0.0213. The summed E-state index contributed by atoms with van der Waals surface area (Å²) in [5.41, 5.74) is 1.13. The van der Waals surface area contributed by atoms with E-state index in [4.69, 9.17) is 4.74 Å². The Bertz CT molecular complexity index is 629. The maximum absolute atomic E-state index is 12.7. The molecule has 114 valence electrons. The van der Waals surface area contributed by atoms with Crippen molar-refractivity contribution in [2.24, 2.45) is 0 Å². The summed E-state index contributed by atoms with van der Waals surface area (Å²) in [6.45, 7) is 2.95. The van der Waals surface area contributed by atoms with Crippen molar-refractivity contribution in [3.63, 3.8) is 0 Å². The molecule has 2 N–H and O–H groups in total. The number of carbonyl (C=O) groups is 1. The lowest BCUT2D eigenvalue weighted by Crippen LogP contribution is -2.58. The van der Waals surface area contributed by atoms with Gasteiger partial charge in [-0.3, -0.25) is 9.69 Å². The van der Waals surface area contributed by atoms with Gasteiger partial charge in [0.2, 0.25) is 0 Å². The molecule has 1 aromatic rings. The number of benzene rings is 1. The summed E-state index contributed by atoms with van der Waals surface area (Å²) in [7, 11) is 5.28. The van der Waals surface area contributed by atoms with Gasteiger partial charge < -0.3 is 19.8 Å². The first kappa shape index (κ1) is 14.2. The molecule has 0 aliphatic carbocycles. The maximum Gasteiger partial charge on any atom is 0.185 e. The van der Waals surface area contributed by atoms with Gasteiger partial charge in [0.1, 0.15) is 5.75 Å². The van der Waals surface area contributed by atoms with E-state index in [1.807, 2.05) is 19.0 Å². The van der Waals surface area contributed by atoms with E-state index in [1.165, 1.54) is 7.11 Å². The zero-order valence-corrected chi connectivity index (χ0v) is 12.7. The molecule has 0 unspecified atom stereocenters. The van der Waals surface area contributed by atoms with Crippen molar-refractivity contribution >= 4 is 5.78 Å². The highest BCUT2D eigenvalue weighted by atomic mass is 16.5. The topological polar surface area (TPSA) is 73.2 Å². The molecule has 21 heavy (non-hydrogen) atoms. The second-order valence-corrected chi connectivity index (χ2v) is 5.93. The number of hydrogen-bond acceptors (Lipinski definition) is 6. The molecule has 0 aromatic heterocycles. The van der Waals surface area contributed by atoms with Crippen molar-refractivity contribution in [2.75, 3.05) is 34.3 Å². The monoisotopic (exact) mass is 292 g/mol. The summed E-state index contributed by atoms with van der Waals surface area (Å²) in [4.78, 5) is 16.8. The van der Waals surface area contributed by atoms with E-state index < -0.39 is 0 Å². The number of ketones is 1. The second kappa shape index (κ2) is 4.61. The molecule has 1 saturated heterocycles. The van der Waals surface area contributed by atoms with E-state index in [0.29, 0.717) is 24.2 Å². The summed E-state index contributed by atoms with van der Waals surface area (Å²) >= 11 is 0. The van der Waals surface area contributed by atoms with Crippen LogP contribution in [0.4, 0.5) is 0 Å². The molecule has 2 heterocycles. The van der Waals surface area contributed by atoms with Crippen molar-refractivity contribution < 1.29 is 19.7 Å². The lowest BCUT2D eigenvalue weighted by molar-refractivity contribution is 0.0364. The summed E-state index contributed by atoms with van der Waals surface area (Å²) < 4.78 is 5.20. The maximum atomic E-state index is 12.7. The van der Waals surface area contributed by atoms with E-state index in [-0.39, 0.29) is 40.7 Å². The fourth-order valence-electron chi connectivity index (χ4n) is 3.53. The quantitative estimate of drug-likeness (QED) is 0.749. The Morgan fingerprint density at radius 2 is 1.76 bits per heavy atom. The number of methoxy groups -OCH3 is 1. The first-order valence-corrected chi connectivity index (χ1v) is 6.95. The van der Waals surface area contributed by atoms with Crippen molar-refractivity contribution in [3.05, 3.63) is 16.7 Å². The number of fused-ring (bicyclic) bond motifs is 4. The average Bonchev–Trinajstić information content (AvgIpc) is 2.43. The molecule has 2 bridgehead atoms. The zero-order chi connectivity index (χ0) is 15.5. The van der Waals surface area contributed by atoms with Gasteiger partial charge in [0.15, 0.2) is 17.3 Å². The number of likely N-dealkylation sites (N-methyl/N-ethyl adjacent to an activating group) is 2. The lowest BCUT2D eigenvalue weighted by Gasteiger charge is -2.47. The van der Waals surface area contributed by atoms with Gasteiger partial charge in [-0.05, 0) is 21.0 Å². The molecule has 0 spiro atoms. The molecule has 1 aromatic carbocycles. The molecule has 0 radical (unpaired) electrons. The van der Waals surface area contributed by atoms with Crippen LogP contribution in [-0.4, -0.2) is 66.1 Å². The fraction of sp³-hybridized carbons (Fsp3) is 0.533. The van der Waals surface area contributed by atoms with Crippen LogP contribution in [0.15, 0.2) is 0 Å². The normalized spacial score (nSPS) is 25.8. The van der Waals surface area contributed by atoms with Crippen LogP contribution in [0.25, 0.3) is 0 Å². The third kappa shape index (κ3) is 1.76. The third-order valence-electron chi connectivity index (χ3n) is 4.71. The van der Waals surface area contributed by atoms with Gasteiger partial charge >= 0.3 is 0 Å². The van der Waals surface area contributed by atoms with Crippen LogP contribution >= 0.6 is 0 Å². The fourth-order valence-corrected chi connectivity index (χ4v) is 3.53. The Morgan fingerprint density at radius 1 is 1.14 bits per heavy atom. The minimum Gasteiger partial charge on any atom is -0.507 e. The summed E-state index contributed by atoms with van der Waals surface area (Å²) in [6.07, 6.45) is 0. The average molecular weight is 292 g/mol. The predicted octanol–water partition coefficient (Wildman–Crippen LogP) is 0.898. The van der Waals surface area contributed by atoms with Crippen LogP contribution in [-0.2, 0) is 0 Å². The van der Waals surface area contributed by atoms with Crippen molar-refractivity contribution in [1.82, 2.24) is 9.80 Å². The molecule has 2 aliphatic heterocycles. The number of phenolic OH excluding ortho intramolecular Hbond substituents is 2. The number of rotatable bonds is 1. The van der Waals surface area contributed by atoms with Gasteiger partial charge in [-0.15, -0.1) is 0 Å². The highest BCUT2D eigenvalue weighted by molar-refractivity contribution is 6.06. The van der Waals surface area contributed by atoms with Crippen molar-refractivity contribution in [3.8, 4) is 17.2 Å². The first-order valence-electron chi connectivity index (χ1n) is 6.95. The number of phenols is 2. The first-order chi connectivity index (χ1) is 9.88. The smallest absolute Gasteiger partial charge is 0.185 e. The van der Waals surface area contributed by atoms with Crippen molar-refractivity contribution in [2.45, 2.75) is 19.0 Å². The minimum absolute atomic E-state index is 0.0400. The predicted molar refractivity (Wildman–Crippen MR) is 77.2 cm³/mol. The molecule has 1 fully saturated rings. The minimum atomic E-state index is -0.292.